The number of nitrogens with one attached hydrogen (secondary N) is 2. The summed E-state index contributed by atoms with van der Waals surface area (Å²) in [6, 6.07) is 0.516. The van der Waals surface area contributed by atoms with Crippen molar-refractivity contribution in [3.8, 4) is 0 Å². The molecule has 1 unspecified atom stereocenters. The lowest BCUT2D eigenvalue weighted by Gasteiger charge is -2.15. The molecule has 0 spiro atoms. The van der Waals surface area contributed by atoms with Crippen LogP contribution in [0.3, 0.4) is 0 Å². The summed E-state index contributed by atoms with van der Waals surface area (Å²) in [5.41, 5.74) is 0. The number of rotatable bonds is 8. The van der Waals surface area contributed by atoms with Crippen molar-refractivity contribution in [1.82, 2.24) is 10.0 Å². The largest absolute Gasteiger partial charge is 0.313 e. The van der Waals surface area contributed by atoms with E-state index in [0.717, 1.165) is 12.3 Å². The van der Waals surface area contributed by atoms with Crippen LogP contribution >= 0.6 is 0 Å². The Morgan fingerprint density at radius 1 is 1.33 bits per heavy atom. The van der Waals surface area contributed by atoms with Gasteiger partial charge in [-0.05, 0) is 25.2 Å². The molecule has 0 aromatic carbocycles. The minimum Gasteiger partial charge on any atom is -0.313 e. The van der Waals surface area contributed by atoms with E-state index < -0.39 is 10.0 Å². The summed E-state index contributed by atoms with van der Waals surface area (Å²) in [6.07, 6.45) is 3.68. The minimum absolute atomic E-state index is 0.185. The van der Waals surface area contributed by atoms with Crippen LogP contribution in [0.4, 0.5) is 0 Å². The second kappa shape index (κ2) is 5.82. The predicted molar refractivity (Wildman–Crippen MR) is 62.3 cm³/mol. The second-order valence-corrected chi connectivity index (χ2v) is 6.05. The molecule has 4 nitrogen and oxygen atoms in total. The van der Waals surface area contributed by atoms with Crippen molar-refractivity contribution in [3.63, 3.8) is 0 Å². The van der Waals surface area contributed by atoms with E-state index in [2.05, 4.69) is 17.0 Å². The molecule has 0 aromatic rings. The van der Waals surface area contributed by atoms with Gasteiger partial charge in [0.1, 0.15) is 0 Å². The molecule has 0 amide bonds. The lowest BCUT2D eigenvalue weighted by molar-refractivity contribution is 0.461. The van der Waals surface area contributed by atoms with Gasteiger partial charge in [0.05, 0.1) is 5.75 Å². The highest BCUT2D eigenvalue weighted by atomic mass is 32.2. The quantitative estimate of drug-likeness (QED) is 0.650. The van der Waals surface area contributed by atoms with Crippen molar-refractivity contribution >= 4 is 10.0 Å². The molecule has 0 aliphatic heterocycles. The standard InChI is InChI=1S/C10H22N2O2S/c1-3-10(9-5-6-9)11-7-8-15(13,14)12-4-2/h9-12H,3-8H2,1-2H3. The Morgan fingerprint density at radius 2 is 2.00 bits per heavy atom. The van der Waals surface area contributed by atoms with E-state index in [1.54, 1.807) is 6.92 Å². The molecule has 1 atom stereocenters. The Morgan fingerprint density at radius 3 is 2.47 bits per heavy atom. The highest BCUT2D eigenvalue weighted by Gasteiger charge is 2.29. The van der Waals surface area contributed by atoms with Gasteiger partial charge in [-0.2, -0.15) is 0 Å². The van der Waals surface area contributed by atoms with Crippen LogP contribution in [0.15, 0.2) is 0 Å². The maximum Gasteiger partial charge on any atom is 0.212 e. The molecule has 1 saturated carbocycles. The smallest absolute Gasteiger partial charge is 0.212 e. The van der Waals surface area contributed by atoms with Crippen molar-refractivity contribution in [3.05, 3.63) is 0 Å². The lowest BCUT2D eigenvalue weighted by Crippen LogP contribution is -2.37. The van der Waals surface area contributed by atoms with Crippen molar-refractivity contribution < 1.29 is 8.42 Å². The average Bonchev–Trinajstić information content (AvgIpc) is 2.95. The molecule has 0 aromatic heterocycles. The predicted octanol–water partition coefficient (Wildman–Crippen LogP) is 0.704. The fraction of sp³-hybridized carbons (Fsp3) is 1.00. The molecule has 1 fully saturated rings. The highest BCUT2D eigenvalue weighted by Crippen LogP contribution is 2.33. The molecule has 90 valence electrons. The van der Waals surface area contributed by atoms with E-state index >= 15 is 0 Å². The Bertz CT molecular complexity index is 273. The maximum absolute atomic E-state index is 11.3. The van der Waals surface area contributed by atoms with Crippen molar-refractivity contribution in [2.75, 3.05) is 18.8 Å². The van der Waals surface area contributed by atoms with Gasteiger partial charge >= 0.3 is 0 Å². The van der Waals surface area contributed by atoms with E-state index in [4.69, 9.17) is 0 Å². The van der Waals surface area contributed by atoms with Gasteiger partial charge in [0, 0.05) is 19.1 Å². The molecule has 2 N–H and O–H groups in total. The lowest BCUT2D eigenvalue weighted by atomic mass is 10.1. The Hall–Kier alpha value is -0.130. The SMILES string of the molecule is CCNS(=O)(=O)CCNC(CC)C1CC1. The fourth-order valence-electron chi connectivity index (χ4n) is 1.81. The first-order valence-corrected chi connectivity index (χ1v) is 7.45. The highest BCUT2D eigenvalue weighted by molar-refractivity contribution is 7.89. The van der Waals surface area contributed by atoms with Crippen LogP contribution in [0.5, 0.6) is 0 Å². The molecular weight excluding hydrogens is 212 g/mol. The van der Waals surface area contributed by atoms with Crippen LogP contribution in [0.25, 0.3) is 0 Å². The Balaban J connectivity index is 2.19. The van der Waals surface area contributed by atoms with Crippen LogP contribution in [0.2, 0.25) is 0 Å². The zero-order valence-corrected chi connectivity index (χ0v) is 10.4. The Kier molecular flexibility index (Phi) is 5.02. The third-order valence-electron chi connectivity index (χ3n) is 2.77. The summed E-state index contributed by atoms with van der Waals surface area (Å²) in [7, 11) is -3.05. The molecule has 0 saturated heterocycles. The summed E-state index contributed by atoms with van der Waals surface area (Å²) in [5, 5.41) is 3.33. The van der Waals surface area contributed by atoms with Gasteiger partial charge in [-0.3, -0.25) is 0 Å². The monoisotopic (exact) mass is 234 g/mol. The number of hydrogen-bond donors (Lipinski definition) is 2. The third-order valence-corrected chi connectivity index (χ3v) is 4.24. The van der Waals surface area contributed by atoms with Gasteiger partial charge in [0.2, 0.25) is 10.0 Å². The zero-order valence-electron chi connectivity index (χ0n) is 9.62. The van der Waals surface area contributed by atoms with E-state index in [1.165, 1.54) is 12.8 Å². The summed E-state index contributed by atoms with van der Waals surface area (Å²) in [4.78, 5) is 0. The van der Waals surface area contributed by atoms with Gasteiger partial charge in [-0.15, -0.1) is 0 Å². The summed E-state index contributed by atoms with van der Waals surface area (Å²) in [5.74, 6) is 0.973. The van der Waals surface area contributed by atoms with Gasteiger partial charge in [0.25, 0.3) is 0 Å². The third kappa shape index (κ3) is 4.95. The molecule has 5 heteroatoms. The molecule has 0 heterocycles. The minimum atomic E-state index is -3.05. The van der Waals surface area contributed by atoms with Gasteiger partial charge in [-0.25, -0.2) is 13.1 Å². The van der Waals surface area contributed by atoms with Gasteiger partial charge in [0.15, 0.2) is 0 Å². The second-order valence-electron chi connectivity index (χ2n) is 4.12. The first-order valence-electron chi connectivity index (χ1n) is 5.79. The van der Waals surface area contributed by atoms with Crippen LogP contribution in [0.1, 0.15) is 33.1 Å². The summed E-state index contributed by atoms with van der Waals surface area (Å²) < 4.78 is 25.2. The van der Waals surface area contributed by atoms with Gasteiger partial charge in [-0.1, -0.05) is 13.8 Å². The van der Waals surface area contributed by atoms with Crippen molar-refractivity contribution in [1.29, 1.82) is 0 Å². The van der Waals surface area contributed by atoms with E-state index in [9.17, 15) is 8.42 Å². The fourth-order valence-corrected chi connectivity index (χ4v) is 2.78. The zero-order chi connectivity index (χ0) is 11.3. The number of hydrogen-bond acceptors (Lipinski definition) is 3. The van der Waals surface area contributed by atoms with E-state index in [0.29, 0.717) is 19.1 Å². The Labute approximate surface area is 92.9 Å². The van der Waals surface area contributed by atoms with Crippen LogP contribution in [-0.2, 0) is 10.0 Å². The molecule has 1 aliphatic rings. The molecule has 1 rings (SSSR count). The van der Waals surface area contributed by atoms with Crippen LogP contribution in [0, 0.1) is 5.92 Å². The average molecular weight is 234 g/mol. The first-order chi connectivity index (χ1) is 7.09. The van der Waals surface area contributed by atoms with Crippen LogP contribution in [-0.4, -0.2) is 33.3 Å². The first kappa shape index (κ1) is 12.9. The normalized spacial score (nSPS) is 19.1. The topological polar surface area (TPSA) is 58.2 Å². The molecule has 0 radical (unpaired) electrons. The van der Waals surface area contributed by atoms with Crippen molar-refractivity contribution in [2.45, 2.75) is 39.2 Å². The summed E-state index contributed by atoms with van der Waals surface area (Å²) >= 11 is 0. The molecular formula is C10H22N2O2S. The molecule has 15 heavy (non-hydrogen) atoms. The molecule has 1 aliphatic carbocycles. The van der Waals surface area contributed by atoms with Gasteiger partial charge < -0.3 is 5.32 Å². The number of sulfonamides is 1. The maximum atomic E-state index is 11.3. The summed E-state index contributed by atoms with van der Waals surface area (Å²) in [6.45, 7) is 4.98. The molecule has 0 bridgehead atoms. The van der Waals surface area contributed by atoms with E-state index in [-0.39, 0.29) is 5.75 Å². The van der Waals surface area contributed by atoms with Crippen molar-refractivity contribution in [2.24, 2.45) is 5.92 Å². The van der Waals surface area contributed by atoms with E-state index in [1.807, 2.05) is 0 Å². The van der Waals surface area contributed by atoms with Crippen LogP contribution < -0.4 is 10.0 Å².